The van der Waals surface area contributed by atoms with Gasteiger partial charge in [0.1, 0.15) is 0 Å². The van der Waals surface area contributed by atoms with Crippen molar-refractivity contribution in [2.75, 3.05) is 39.4 Å². The summed E-state index contributed by atoms with van der Waals surface area (Å²) in [6, 6.07) is 0. The second-order valence-corrected chi connectivity index (χ2v) is 4.15. The Balaban J connectivity index is 1.98. The fourth-order valence-corrected chi connectivity index (χ4v) is 2.14. The van der Waals surface area contributed by atoms with Gasteiger partial charge < -0.3 is 15.4 Å². The van der Waals surface area contributed by atoms with E-state index in [1.807, 2.05) is 0 Å². The third-order valence-electron chi connectivity index (χ3n) is 2.88. The highest BCUT2D eigenvalue weighted by molar-refractivity contribution is 4.74. The van der Waals surface area contributed by atoms with E-state index in [4.69, 9.17) is 10.5 Å². The molecule has 3 heteroatoms. The van der Waals surface area contributed by atoms with Crippen LogP contribution in [0.4, 0.5) is 0 Å². The zero-order valence-electron chi connectivity index (χ0n) is 9.37. The summed E-state index contributed by atoms with van der Waals surface area (Å²) >= 11 is 0. The van der Waals surface area contributed by atoms with Gasteiger partial charge in [0, 0.05) is 19.6 Å². The summed E-state index contributed by atoms with van der Waals surface area (Å²) in [6.45, 7) is 8.07. The van der Waals surface area contributed by atoms with Gasteiger partial charge in [0.05, 0.1) is 13.2 Å². The third-order valence-corrected chi connectivity index (χ3v) is 2.88. The van der Waals surface area contributed by atoms with Crippen LogP contribution in [-0.2, 0) is 4.74 Å². The average Bonchev–Trinajstić information content (AvgIpc) is 2.61. The lowest BCUT2D eigenvalue weighted by molar-refractivity contribution is 0.116. The van der Waals surface area contributed by atoms with E-state index >= 15 is 0 Å². The molecule has 0 aromatic heterocycles. The summed E-state index contributed by atoms with van der Waals surface area (Å²) in [5, 5.41) is 0. The van der Waals surface area contributed by atoms with Crippen LogP contribution in [0.3, 0.4) is 0 Å². The van der Waals surface area contributed by atoms with Crippen molar-refractivity contribution in [2.24, 2.45) is 11.7 Å². The SMILES string of the molecule is CCCC1CCN(CCOCCN)C1. The van der Waals surface area contributed by atoms with Gasteiger partial charge in [0.25, 0.3) is 0 Å². The Kier molecular flexibility index (Phi) is 6.15. The van der Waals surface area contributed by atoms with Crippen molar-refractivity contribution in [1.82, 2.24) is 4.90 Å². The summed E-state index contributed by atoms with van der Waals surface area (Å²) in [4.78, 5) is 2.51. The molecule has 0 spiro atoms. The summed E-state index contributed by atoms with van der Waals surface area (Å²) in [5.41, 5.74) is 5.35. The maximum absolute atomic E-state index is 5.37. The Bertz CT molecular complexity index is 141. The van der Waals surface area contributed by atoms with E-state index in [1.54, 1.807) is 0 Å². The van der Waals surface area contributed by atoms with E-state index < -0.39 is 0 Å². The Morgan fingerprint density at radius 3 is 3.00 bits per heavy atom. The molecule has 84 valence electrons. The quantitative estimate of drug-likeness (QED) is 0.625. The standard InChI is InChI=1S/C11H24N2O/c1-2-3-11-4-6-13(10-11)7-9-14-8-5-12/h11H,2-10,12H2,1H3. The predicted octanol–water partition coefficient (Wildman–Crippen LogP) is 1.08. The highest BCUT2D eigenvalue weighted by atomic mass is 16.5. The third kappa shape index (κ3) is 4.40. The van der Waals surface area contributed by atoms with Crippen molar-refractivity contribution < 1.29 is 4.74 Å². The molecular weight excluding hydrogens is 176 g/mol. The van der Waals surface area contributed by atoms with Gasteiger partial charge in [0.15, 0.2) is 0 Å². The van der Waals surface area contributed by atoms with Crippen molar-refractivity contribution in [2.45, 2.75) is 26.2 Å². The average molecular weight is 200 g/mol. The highest BCUT2D eigenvalue weighted by Crippen LogP contribution is 2.20. The lowest BCUT2D eigenvalue weighted by atomic mass is 10.0. The van der Waals surface area contributed by atoms with Crippen molar-refractivity contribution >= 4 is 0 Å². The Morgan fingerprint density at radius 1 is 1.43 bits per heavy atom. The van der Waals surface area contributed by atoms with Crippen LogP contribution < -0.4 is 5.73 Å². The van der Waals surface area contributed by atoms with Crippen LogP contribution in [0, 0.1) is 5.92 Å². The monoisotopic (exact) mass is 200 g/mol. The van der Waals surface area contributed by atoms with Gasteiger partial charge >= 0.3 is 0 Å². The second kappa shape index (κ2) is 7.21. The zero-order chi connectivity index (χ0) is 10.2. The summed E-state index contributed by atoms with van der Waals surface area (Å²) in [6.07, 6.45) is 4.09. The van der Waals surface area contributed by atoms with Crippen LogP contribution in [0.1, 0.15) is 26.2 Å². The van der Waals surface area contributed by atoms with Crippen LogP contribution in [0.15, 0.2) is 0 Å². The molecule has 0 aliphatic carbocycles. The van der Waals surface area contributed by atoms with Crippen molar-refractivity contribution in [3.63, 3.8) is 0 Å². The molecular formula is C11H24N2O. The molecule has 0 saturated carbocycles. The van der Waals surface area contributed by atoms with Gasteiger partial charge in [-0.25, -0.2) is 0 Å². The molecule has 1 atom stereocenters. The minimum Gasteiger partial charge on any atom is -0.379 e. The largest absolute Gasteiger partial charge is 0.379 e. The second-order valence-electron chi connectivity index (χ2n) is 4.15. The minimum absolute atomic E-state index is 0.637. The van der Waals surface area contributed by atoms with Crippen molar-refractivity contribution in [3.8, 4) is 0 Å². The van der Waals surface area contributed by atoms with Gasteiger partial charge in [0.2, 0.25) is 0 Å². The van der Waals surface area contributed by atoms with Crippen LogP contribution >= 0.6 is 0 Å². The summed E-state index contributed by atoms with van der Waals surface area (Å²) in [7, 11) is 0. The number of nitrogens with zero attached hydrogens (tertiary/aromatic N) is 1. The predicted molar refractivity (Wildman–Crippen MR) is 59.3 cm³/mol. The Hall–Kier alpha value is -0.120. The molecule has 0 amide bonds. The van der Waals surface area contributed by atoms with E-state index in [1.165, 1.54) is 32.4 Å². The fraction of sp³-hybridized carbons (Fsp3) is 1.00. The molecule has 1 aliphatic heterocycles. The molecule has 1 heterocycles. The maximum Gasteiger partial charge on any atom is 0.0594 e. The van der Waals surface area contributed by atoms with Crippen molar-refractivity contribution in [1.29, 1.82) is 0 Å². The first kappa shape index (κ1) is 12.0. The van der Waals surface area contributed by atoms with Crippen molar-refractivity contribution in [3.05, 3.63) is 0 Å². The summed E-state index contributed by atoms with van der Waals surface area (Å²) < 4.78 is 5.37. The van der Waals surface area contributed by atoms with Gasteiger partial charge in [-0.05, 0) is 25.3 Å². The van der Waals surface area contributed by atoms with Gasteiger partial charge in [-0.2, -0.15) is 0 Å². The molecule has 0 aromatic carbocycles. The van der Waals surface area contributed by atoms with E-state index in [9.17, 15) is 0 Å². The molecule has 14 heavy (non-hydrogen) atoms. The van der Waals surface area contributed by atoms with Crippen LogP contribution in [0.5, 0.6) is 0 Å². The normalized spacial score (nSPS) is 23.1. The first-order valence-electron chi connectivity index (χ1n) is 5.87. The van der Waals surface area contributed by atoms with E-state index in [-0.39, 0.29) is 0 Å². The van der Waals surface area contributed by atoms with Gasteiger partial charge in [-0.1, -0.05) is 13.3 Å². The highest BCUT2D eigenvalue weighted by Gasteiger charge is 2.20. The molecule has 1 rings (SSSR count). The van der Waals surface area contributed by atoms with Crippen LogP contribution in [0.25, 0.3) is 0 Å². The molecule has 0 bridgehead atoms. The Labute approximate surface area is 87.6 Å². The summed E-state index contributed by atoms with van der Waals surface area (Å²) in [5.74, 6) is 0.939. The maximum atomic E-state index is 5.37. The number of nitrogens with two attached hydrogens (primary N) is 1. The lowest BCUT2D eigenvalue weighted by Gasteiger charge is -2.15. The number of hydrogen-bond acceptors (Lipinski definition) is 3. The van der Waals surface area contributed by atoms with E-state index in [0.29, 0.717) is 13.2 Å². The number of ether oxygens (including phenoxy) is 1. The van der Waals surface area contributed by atoms with E-state index in [2.05, 4.69) is 11.8 Å². The van der Waals surface area contributed by atoms with Gasteiger partial charge in [-0.15, -0.1) is 0 Å². The molecule has 3 nitrogen and oxygen atoms in total. The molecule has 2 N–H and O–H groups in total. The number of rotatable bonds is 7. The van der Waals surface area contributed by atoms with E-state index in [0.717, 1.165) is 19.1 Å². The molecule has 0 aromatic rings. The zero-order valence-corrected chi connectivity index (χ0v) is 9.37. The molecule has 1 saturated heterocycles. The first-order chi connectivity index (χ1) is 6.86. The molecule has 0 radical (unpaired) electrons. The van der Waals surface area contributed by atoms with Gasteiger partial charge in [-0.3, -0.25) is 0 Å². The lowest BCUT2D eigenvalue weighted by Crippen LogP contribution is -2.26. The molecule has 1 unspecified atom stereocenters. The Morgan fingerprint density at radius 2 is 2.29 bits per heavy atom. The number of hydrogen-bond donors (Lipinski definition) is 1. The molecule has 1 fully saturated rings. The smallest absolute Gasteiger partial charge is 0.0594 e. The van der Waals surface area contributed by atoms with Crippen LogP contribution in [-0.4, -0.2) is 44.3 Å². The molecule has 1 aliphatic rings. The van der Waals surface area contributed by atoms with Crippen LogP contribution in [0.2, 0.25) is 0 Å². The minimum atomic E-state index is 0.637. The number of likely N-dealkylation sites (tertiary alicyclic amines) is 1. The fourth-order valence-electron chi connectivity index (χ4n) is 2.14. The topological polar surface area (TPSA) is 38.5 Å². The first-order valence-corrected chi connectivity index (χ1v) is 5.87.